The van der Waals surface area contributed by atoms with Gasteiger partial charge in [0, 0.05) is 46.5 Å². The van der Waals surface area contributed by atoms with Crippen LogP contribution >= 0.6 is 11.6 Å². The summed E-state index contributed by atoms with van der Waals surface area (Å²) in [6.45, 7) is 4.37. The van der Waals surface area contributed by atoms with Crippen molar-refractivity contribution in [2.24, 2.45) is 0 Å². The number of hydrogen-bond donors (Lipinski definition) is 1. The number of rotatable bonds is 6. The molecule has 7 heteroatoms. The summed E-state index contributed by atoms with van der Waals surface area (Å²) < 4.78 is 11.5. The second-order valence-corrected chi connectivity index (χ2v) is 7.27. The number of hydrogen-bond acceptors (Lipinski definition) is 5. The third-order valence-electron chi connectivity index (χ3n) is 4.69. The molecule has 3 aromatic heterocycles. The van der Waals surface area contributed by atoms with Crippen molar-refractivity contribution in [2.75, 3.05) is 7.11 Å². The molecule has 0 atom stereocenters. The Morgan fingerprint density at radius 1 is 1.00 bits per heavy atom. The van der Waals surface area contributed by atoms with E-state index >= 15 is 0 Å². The topological polar surface area (TPSA) is 72.9 Å². The van der Waals surface area contributed by atoms with Crippen molar-refractivity contribution in [3.63, 3.8) is 0 Å². The van der Waals surface area contributed by atoms with Crippen LogP contribution < -0.4 is 9.47 Å². The highest BCUT2D eigenvalue weighted by molar-refractivity contribution is 6.29. The lowest BCUT2D eigenvalue weighted by atomic mass is 10.1. The predicted molar refractivity (Wildman–Crippen MR) is 117 cm³/mol. The van der Waals surface area contributed by atoms with E-state index in [1.165, 1.54) is 0 Å². The Balaban J connectivity index is 1.58. The van der Waals surface area contributed by atoms with Gasteiger partial charge in [0.05, 0.1) is 12.8 Å². The van der Waals surface area contributed by atoms with Crippen LogP contribution in [0.5, 0.6) is 11.5 Å². The highest BCUT2D eigenvalue weighted by Crippen LogP contribution is 2.35. The Kier molecular flexibility index (Phi) is 5.68. The molecular weight excluding hydrogens is 400 g/mol. The van der Waals surface area contributed by atoms with E-state index in [4.69, 9.17) is 26.1 Å². The van der Waals surface area contributed by atoms with Crippen LogP contribution in [0.2, 0.25) is 5.15 Å². The van der Waals surface area contributed by atoms with Gasteiger partial charge < -0.3 is 14.5 Å². The molecule has 0 amide bonds. The van der Waals surface area contributed by atoms with E-state index in [1.807, 2.05) is 56.4 Å². The maximum Gasteiger partial charge on any atom is 0.139 e. The first kappa shape index (κ1) is 19.9. The summed E-state index contributed by atoms with van der Waals surface area (Å²) in [5.41, 5.74) is 5.47. The molecule has 0 aliphatic rings. The Morgan fingerprint density at radius 3 is 2.57 bits per heavy atom. The fraction of sp³-hybridized carbons (Fsp3) is 0.174. The van der Waals surface area contributed by atoms with Gasteiger partial charge >= 0.3 is 0 Å². The second kappa shape index (κ2) is 8.55. The van der Waals surface area contributed by atoms with E-state index in [0.717, 1.165) is 39.6 Å². The van der Waals surface area contributed by atoms with Gasteiger partial charge in [-0.1, -0.05) is 17.7 Å². The number of methoxy groups -OCH3 is 1. The summed E-state index contributed by atoms with van der Waals surface area (Å²) in [6.07, 6.45) is 3.51. The first-order chi connectivity index (χ1) is 14.5. The van der Waals surface area contributed by atoms with Crippen molar-refractivity contribution in [1.29, 1.82) is 0 Å². The molecule has 30 heavy (non-hydrogen) atoms. The molecule has 0 aliphatic carbocycles. The Hall–Kier alpha value is -3.38. The minimum absolute atomic E-state index is 0.435. The molecule has 0 saturated carbocycles. The number of imidazole rings is 1. The van der Waals surface area contributed by atoms with E-state index in [9.17, 15) is 0 Å². The normalized spacial score (nSPS) is 10.8. The summed E-state index contributed by atoms with van der Waals surface area (Å²) in [7, 11) is 1.64. The summed E-state index contributed by atoms with van der Waals surface area (Å²) >= 11 is 5.88. The van der Waals surface area contributed by atoms with Crippen LogP contribution in [-0.4, -0.2) is 27.0 Å². The lowest BCUT2D eigenvalue weighted by Crippen LogP contribution is -1.98. The lowest BCUT2D eigenvalue weighted by molar-refractivity contribution is 0.303. The molecule has 0 bridgehead atoms. The molecule has 0 fully saturated rings. The number of ether oxygens (including phenoxy) is 2. The standard InChI is InChI=1S/C23H21ClN4O2/c1-14-4-5-16(11-25-14)13-30-18-7-8-19(20(10-18)29-3)22-15(2)27-23(28-22)17-6-9-21(24)26-12-17/h4-12H,13H2,1-3H3,(H,27,28). The van der Waals surface area contributed by atoms with Gasteiger partial charge in [0.2, 0.25) is 0 Å². The van der Waals surface area contributed by atoms with Gasteiger partial charge in [0.25, 0.3) is 0 Å². The predicted octanol–water partition coefficient (Wildman–Crippen LogP) is 5.39. The van der Waals surface area contributed by atoms with Crippen LogP contribution in [0.15, 0.2) is 54.9 Å². The van der Waals surface area contributed by atoms with Crippen molar-refractivity contribution in [2.45, 2.75) is 20.5 Å². The zero-order chi connectivity index (χ0) is 21.1. The number of aromatic amines is 1. The number of nitrogens with one attached hydrogen (secondary N) is 1. The summed E-state index contributed by atoms with van der Waals surface area (Å²) in [5.74, 6) is 2.12. The fourth-order valence-electron chi connectivity index (χ4n) is 3.08. The van der Waals surface area contributed by atoms with Gasteiger partial charge in [-0.3, -0.25) is 4.98 Å². The highest BCUT2D eigenvalue weighted by atomic mass is 35.5. The molecule has 0 saturated heterocycles. The first-order valence-corrected chi connectivity index (χ1v) is 9.82. The third kappa shape index (κ3) is 4.28. The van der Waals surface area contributed by atoms with Gasteiger partial charge in [-0.25, -0.2) is 9.97 Å². The Labute approximate surface area is 179 Å². The molecule has 152 valence electrons. The average Bonchev–Trinajstić information content (AvgIpc) is 3.15. The van der Waals surface area contributed by atoms with Gasteiger partial charge in [-0.05, 0) is 44.2 Å². The minimum Gasteiger partial charge on any atom is -0.496 e. The van der Waals surface area contributed by atoms with Crippen molar-refractivity contribution in [3.8, 4) is 34.1 Å². The molecule has 6 nitrogen and oxygen atoms in total. The van der Waals surface area contributed by atoms with Crippen molar-refractivity contribution in [1.82, 2.24) is 19.9 Å². The number of pyridine rings is 2. The van der Waals surface area contributed by atoms with Crippen LogP contribution in [0.1, 0.15) is 17.0 Å². The summed E-state index contributed by atoms with van der Waals surface area (Å²) in [5, 5.41) is 0.445. The number of aryl methyl sites for hydroxylation is 2. The van der Waals surface area contributed by atoms with E-state index in [2.05, 4.69) is 15.0 Å². The van der Waals surface area contributed by atoms with Crippen LogP contribution in [0.3, 0.4) is 0 Å². The van der Waals surface area contributed by atoms with Gasteiger partial charge in [0.1, 0.15) is 29.1 Å². The van der Waals surface area contributed by atoms with E-state index in [-0.39, 0.29) is 0 Å². The number of nitrogens with zero attached hydrogens (tertiary/aromatic N) is 3. The molecule has 4 rings (SSSR count). The molecule has 3 heterocycles. The maximum atomic E-state index is 5.91. The Morgan fingerprint density at radius 2 is 1.87 bits per heavy atom. The van der Waals surface area contributed by atoms with Crippen molar-refractivity contribution < 1.29 is 9.47 Å². The van der Waals surface area contributed by atoms with Crippen LogP contribution in [0.4, 0.5) is 0 Å². The van der Waals surface area contributed by atoms with Crippen LogP contribution in [-0.2, 0) is 6.61 Å². The van der Waals surface area contributed by atoms with Crippen LogP contribution in [0, 0.1) is 13.8 Å². The quantitative estimate of drug-likeness (QED) is 0.423. The monoisotopic (exact) mass is 420 g/mol. The summed E-state index contributed by atoms with van der Waals surface area (Å²) in [6, 6.07) is 13.3. The van der Waals surface area contributed by atoms with Gasteiger partial charge in [0.15, 0.2) is 0 Å². The molecule has 0 radical (unpaired) electrons. The number of benzene rings is 1. The second-order valence-electron chi connectivity index (χ2n) is 6.89. The Bertz CT molecular complexity index is 1160. The van der Waals surface area contributed by atoms with Gasteiger partial charge in [-0.15, -0.1) is 0 Å². The maximum absolute atomic E-state index is 5.91. The molecule has 1 N–H and O–H groups in total. The zero-order valence-corrected chi connectivity index (χ0v) is 17.7. The molecular formula is C23H21ClN4O2. The SMILES string of the molecule is COc1cc(OCc2ccc(C)nc2)ccc1-c1nc(-c2ccc(Cl)nc2)[nH]c1C. The number of H-pyrrole nitrogens is 1. The number of aromatic nitrogens is 4. The highest BCUT2D eigenvalue weighted by Gasteiger charge is 2.16. The molecule has 4 aromatic rings. The molecule has 0 unspecified atom stereocenters. The first-order valence-electron chi connectivity index (χ1n) is 9.45. The van der Waals surface area contributed by atoms with E-state index in [1.54, 1.807) is 19.4 Å². The average molecular weight is 421 g/mol. The van der Waals surface area contributed by atoms with E-state index < -0.39 is 0 Å². The molecule has 1 aromatic carbocycles. The largest absolute Gasteiger partial charge is 0.496 e. The van der Waals surface area contributed by atoms with Crippen LogP contribution in [0.25, 0.3) is 22.6 Å². The number of halogens is 1. The van der Waals surface area contributed by atoms with Crippen molar-refractivity contribution >= 4 is 11.6 Å². The van der Waals surface area contributed by atoms with Crippen molar-refractivity contribution in [3.05, 3.63) is 77.0 Å². The molecule has 0 spiro atoms. The summed E-state index contributed by atoms with van der Waals surface area (Å²) in [4.78, 5) is 16.5. The minimum atomic E-state index is 0.435. The lowest BCUT2D eigenvalue weighted by Gasteiger charge is -2.11. The third-order valence-corrected chi connectivity index (χ3v) is 4.92. The smallest absolute Gasteiger partial charge is 0.139 e. The fourth-order valence-corrected chi connectivity index (χ4v) is 3.19. The van der Waals surface area contributed by atoms with Gasteiger partial charge in [-0.2, -0.15) is 0 Å². The molecule has 0 aliphatic heterocycles. The zero-order valence-electron chi connectivity index (χ0n) is 16.9. The van der Waals surface area contributed by atoms with E-state index in [0.29, 0.717) is 23.3 Å².